The molecule has 1 aliphatic heterocycles. The van der Waals surface area contributed by atoms with E-state index in [-0.39, 0.29) is 11.7 Å². The van der Waals surface area contributed by atoms with Crippen LogP contribution in [0.1, 0.15) is 18.5 Å². The normalized spacial score (nSPS) is 14.8. The maximum absolute atomic E-state index is 11.8. The number of carbonyl (C=O) groups is 1. The first kappa shape index (κ1) is 12.9. The van der Waals surface area contributed by atoms with E-state index in [1.165, 1.54) is 11.8 Å². The number of amides is 1. The molecule has 1 aromatic rings. The molecule has 96 valence electrons. The molecule has 0 aromatic carbocycles. The van der Waals surface area contributed by atoms with Gasteiger partial charge in [-0.2, -0.15) is 0 Å². The van der Waals surface area contributed by atoms with Crippen LogP contribution in [0.2, 0.25) is 0 Å². The minimum atomic E-state index is -0.0525. The standard InChI is InChI=1S/C12H16N4OS/c13-12(14)9-4-3-5-10(15-9)18-8-11(17)16-6-1-2-7-16/h3-5H,1-2,6-8H2,(H3,13,14). The van der Waals surface area contributed by atoms with Crippen molar-refractivity contribution in [2.45, 2.75) is 17.9 Å². The lowest BCUT2D eigenvalue weighted by Crippen LogP contribution is -2.29. The highest BCUT2D eigenvalue weighted by Gasteiger charge is 2.17. The van der Waals surface area contributed by atoms with Crippen molar-refractivity contribution in [3.8, 4) is 0 Å². The summed E-state index contributed by atoms with van der Waals surface area (Å²) in [7, 11) is 0. The Morgan fingerprint density at radius 2 is 2.17 bits per heavy atom. The number of pyridine rings is 1. The van der Waals surface area contributed by atoms with Gasteiger partial charge in [0, 0.05) is 13.1 Å². The van der Waals surface area contributed by atoms with Gasteiger partial charge in [0.25, 0.3) is 0 Å². The van der Waals surface area contributed by atoms with Gasteiger partial charge >= 0.3 is 0 Å². The summed E-state index contributed by atoms with van der Waals surface area (Å²) < 4.78 is 0. The summed E-state index contributed by atoms with van der Waals surface area (Å²) in [6.07, 6.45) is 2.21. The summed E-state index contributed by atoms with van der Waals surface area (Å²) in [4.78, 5) is 18.0. The van der Waals surface area contributed by atoms with Crippen molar-refractivity contribution in [1.82, 2.24) is 9.88 Å². The Kier molecular flexibility index (Phi) is 4.19. The highest BCUT2D eigenvalue weighted by atomic mass is 32.2. The Morgan fingerprint density at radius 1 is 1.44 bits per heavy atom. The number of nitrogens with zero attached hydrogens (tertiary/aromatic N) is 2. The van der Waals surface area contributed by atoms with Crippen LogP contribution >= 0.6 is 11.8 Å². The van der Waals surface area contributed by atoms with Gasteiger partial charge in [0.15, 0.2) is 0 Å². The maximum Gasteiger partial charge on any atom is 0.232 e. The van der Waals surface area contributed by atoms with Gasteiger partial charge in [0.1, 0.15) is 11.5 Å². The lowest BCUT2D eigenvalue weighted by molar-refractivity contribution is -0.127. The van der Waals surface area contributed by atoms with Crippen molar-refractivity contribution < 1.29 is 4.79 Å². The second-order valence-corrected chi connectivity index (χ2v) is 5.15. The van der Waals surface area contributed by atoms with Gasteiger partial charge in [-0.3, -0.25) is 10.2 Å². The van der Waals surface area contributed by atoms with Crippen molar-refractivity contribution in [2.24, 2.45) is 5.73 Å². The van der Waals surface area contributed by atoms with Crippen LogP contribution in [0, 0.1) is 5.41 Å². The van der Waals surface area contributed by atoms with E-state index >= 15 is 0 Å². The minimum absolute atomic E-state index is 0.0525. The van der Waals surface area contributed by atoms with E-state index in [0.717, 1.165) is 31.0 Å². The first-order chi connectivity index (χ1) is 8.66. The largest absolute Gasteiger partial charge is 0.382 e. The number of amidine groups is 1. The van der Waals surface area contributed by atoms with Crippen LogP contribution in [0.5, 0.6) is 0 Å². The molecule has 0 spiro atoms. The van der Waals surface area contributed by atoms with Crippen molar-refractivity contribution >= 4 is 23.5 Å². The summed E-state index contributed by atoms with van der Waals surface area (Å²) in [5.74, 6) is 0.504. The predicted octanol–water partition coefficient (Wildman–Crippen LogP) is 1.08. The van der Waals surface area contributed by atoms with Crippen LogP contribution in [-0.4, -0.2) is 40.5 Å². The smallest absolute Gasteiger partial charge is 0.232 e. The van der Waals surface area contributed by atoms with Crippen molar-refractivity contribution in [1.29, 1.82) is 5.41 Å². The van der Waals surface area contributed by atoms with Crippen molar-refractivity contribution in [2.75, 3.05) is 18.8 Å². The number of nitrogens with one attached hydrogen (secondary N) is 1. The molecule has 1 fully saturated rings. The van der Waals surface area contributed by atoms with E-state index in [4.69, 9.17) is 11.1 Å². The molecule has 0 saturated carbocycles. The molecule has 6 heteroatoms. The summed E-state index contributed by atoms with van der Waals surface area (Å²) in [5, 5.41) is 8.05. The van der Waals surface area contributed by atoms with Gasteiger partial charge in [-0.1, -0.05) is 17.8 Å². The SMILES string of the molecule is N=C(N)c1cccc(SCC(=O)N2CCCC2)n1. The van der Waals surface area contributed by atoms with Crippen LogP contribution in [0.15, 0.2) is 23.2 Å². The predicted molar refractivity (Wildman–Crippen MR) is 71.8 cm³/mol. The molecule has 1 saturated heterocycles. The number of nitrogens with two attached hydrogens (primary N) is 1. The number of carbonyl (C=O) groups excluding carboxylic acids is 1. The Hall–Kier alpha value is -1.56. The number of nitrogen functional groups attached to an aromatic ring is 1. The summed E-state index contributed by atoms with van der Waals surface area (Å²) in [5.41, 5.74) is 5.83. The van der Waals surface area contributed by atoms with Gasteiger partial charge in [0.05, 0.1) is 10.8 Å². The van der Waals surface area contributed by atoms with E-state index in [2.05, 4.69) is 4.98 Å². The number of aromatic nitrogens is 1. The second kappa shape index (κ2) is 5.86. The van der Waals surface area contributed by atoms with E-state index < -0.39 is 0 Å². The molecule has 0 radical (unpaired) electrons. The lowest BCUT2D eigenvalue weighted by Gasteiger charge is -2.14. The van der Waals surface area contributed by atoms with Crippen LogP contribution < -0.4 is 5.73 Å². The van der Waals surface area contributed by atoms with Crippen LogP contribution in [-0.2, 0) is 4.79 Å². The Labute approximate surface area is 110 Å². The fourth-order valence-corrected chi connectivity index (χ4v) is 2.63. The monoisotopic (exact) mass is 264 g/mol. The molecule has 3 N–H and O–H groups in total. The molecule has 2 rings (SSSR count). The van der Waals surface area contributed by atoms with Crippen molar-refractivity contribution in [3.05, 3.63) is 23.9 Å². The van der Waals surface area contributed by atoms with E-state index in [1.807, 2.05) is 11.0 Å². The molecule has 2 heterocycles. The van der Waals surface area contributed by atoms with Crippen molar-refractivity contribution in [3.63, 3.8) is 0 Å². The second-order valence-electron chi connectivity index (χ2n) is 4.15. The Balaban J connectivity index is 1.91. The third kappa shape index (κ3) is 3.22. The zero-order valence-corrected chi connectivity index (χ0v) is 10.9. The van der Waals surface area contributed by atoms with Crippen LogP contribution in [0.25, 0.3) is 0 Å². The summed E-state index contributed by atoms with van der Waals surface area (Å²) >= 11 is 1.39. The van der Waals surface area contributed by atoms with E-state index in [9.17, 15) is 4.79 Å². The van der Waals surface area contributed by atoms with Crippen LogP contribution in [0.4, 0.5) is 0 Å². The average Bonchev–Trinajstić information content (AvgIpc) is 2.90. The molecular weight excluding hydrogens is 248 g/mol. The number of likely N-dealkylation sites (tertiary alicyclic amines) is 1. The lowest BCUT2D eigenvalue weighted by atomic mass is 10.3. The fraction of sp³-hybridized carbons (Fsp3) is 0.417. The topological polar surface area (TPSA) is 83.1 Å². The highest BCUT2D eigenvalue weighted by molar-refractivity contribution is 7.99. The molecular formula is C12H16N4OS. The van der Waals surface area contributed by atoms with Gasteiger partial charge in [-0.15, -0.1) is 0 Å². The first-order valence-corrected chi connectivity index (χ1v) is 6.87. The molecule has 0 unspecified atom stereocenters. The van der Waals surface area contributed by atoms with Gasteiger partial charge in [-0.25, -0.2) is 4.98 Å². The first-order valence-electron chi connectivity index (χ1n) is 5.89. The van der Waals surface area contributed by atoms with E-state index in [0.29, 0.717) is 11.4 Å². The molecule has 0 atom stereocenters. The quantitative estimate of drug-likeness (QED) is 0.484. The average molecular weight is 264 g/mol. The molecule has 0 aliphatic carbocycles. The minimum Gasteiger partial charge on any atom is -0.382 e. The van der Waals surface area contributed by atoms with Gasteiger partial charge in [-0.05, 0) is 25.0 Å². The summed E-state index contributed by atoms with van der Waals surface area (Å²) in [6.45, 7) is 1.75. The molecule has 0 bridgehead atoms. The molecule has 5 nitrogen and oxygen atoms in total. The maximum atomic E-state index is 11.8. The Bertz CT molecular complexity index is 457. The number of rotatable bonds is 4. The zero-order valence-electron chi connectivity index (χ0n) is 10.1. The van der Waals surface area contributed by atoms with Gasteiger partial charge < -0.3 is 10.6 Å². The van der Waals surface area contributed by atoms with Crippen LogP contribution in [0.3, 0.4) is 0 Å². The summed E-state index contributed by atoms with van der Waals surface area (Å²) in [6, 6.07) is 5.31. The zero-order chi connectivity index (χ0) is 13.0. The molecule has 1 aromatic heterocycles. The molecule has 18 heavy (non-hydrogen) atoms. The molecule has 1 amide bonds. The fourth-order valence-electron chi connectivity index (χ4n) is 1.84. The third-order valence-electron chi connectivity index (χ3n) is 2.80. The highest BCUT2D eigenvalue weighted by Crippen LogP contribution is 2.17. The number of thioether (sulfide) groups is 1. The molecule has 1 aliphatic rings. The number of hydrogen-bond donors (Lipinski definition) is 2. The third-order valence-corrected chi connectivity index (χ3v) is 3.72. The Morgan fingerprint density at radius 3 is 2.83 bits per heavy atom. The van der Waals surface area contributed by atoms with E-state index in [1.54, 1.807) is 12.1 Å². The number of hydrogen-bond acceptors (Lipinski definition) is 4. The van der Waals surface area contributed by atoms with Gasteiger partial charge in [0.2, 0.25) is 5.91 Å².